The van der Waals surface area contributed by atoms with Crippen molar-refractivity contribution in [3.05, 3.63) is 70.5 Å². The molecule has 3 fully saturated rings. The van der Waals surface area contributed by atoms with E-state index in [0.717, 1.165) is 81.4 Å². The Kier molecular flexibility index (Phi) is 10.1. The second kappa shape index (κ2) is 13.9. The summed E-state index contributed by atoms with van der Waals surface area (Å²) < 4.78 is 14.3. The molecule has 0 radical (unpaired) electrons. The fourth-order valence-corrected chi connectivity index (χ4v) is 8.00. The molecular formula is C35H46FN3O2. The summed E-state index contributed by atoms with van der Waals surface area (Å²) in [6.07, 6.45) is 11.1. The molecule has 2 aromatic rings. The van der Waals surface area contributed by atoms with Gasteiger partial charge in [0, 0.05) is 25.6 Å². The average molecular weight is 560 g/mol. The molecule has 3 unspecified atom stereocenters. The van der Waals surface area contributed by atoms with Crippen molar-refractivity contribution in [2.75, 3.05) is 32.7 Å². The van der Waals surface area contributed by atoms with Gasteiger partial charge in [0.25, 0.3) is 0 Å². The monoisotopic (exact) mass is 559 g/mol. The van der Waals surface area contributed by atoms with Crippen LogP contribution in [-0.4, -0.2) is 59.6 Å². The van der Waals surface area contributed by atoms with Crippen molar-refractivity contribution in [3.63, 3.8) is 0 Å². The number of hydrogen-bond donors (Lipinski definition) is 1. The van der Waals surface area contributed by atoms with Gasteiger partial charge in [0.15, 0.2) is 0 Å². The maximum Gasteiger partial charge on any atom is 0.321 e. The number of rotatable bonds is 10. The Balaban J connectivity index is 1.18. The maximum absolute atomic E-state index is 14.3. The van der Waals surface area contributed by atoms with Crippen LogP contribution >= 0.6 is 0 Å². The van der Waals surface area contributed by atoms with Gasteiger partial charge in [-0.1, -0.05) is 56.0 Å². The van der Waals surface area contributed by atoms with Crippen molar-refractivity contribution in [1.82, 2.24) is 9.80 Å². The molecule has 2 heterocycles. The highest BCUT2D eigenvalue weighted by molar-refractivity contribution is 5.74. The van der Waals surface area contributed by atoms with Crippen LogP contribution in [0.15, 0.2) is 42.5 Å². The third-order valence-electron chi connectivity index (χ3n) is 10.2. The zero-order valence-electron chi connectivity index (χ0n) is 24.6. The van der Waals surface area contributed by atoms with Gasteiger partial charge in [0.1, 0.15) is 11.9 Å². The smallest absolute Gasteiger partial charge is 0.321 e. The van der Waals surface area contributed by atoms with Gasteiger partial charge in [-0.3, -0.25) is 9.69 Å². The zero-order chi connectivity index (χ0) is 28.8. The molecular weight excluding hydrogens is 513 g/mol. The number of hydrogen-bond acceptors (Lipinski definition) is 4. The van der Waals surface area contributed by atoms with Crippen molar-refractivity contribution in [2.45, 2.75) is 83.1 Å². The highest BCUT2D eigenvalue weighted by Crippen LogP contribution is 2.39. The molecule has 3 aliphatic rings. The summed E-state index contributed by atoms with van der Waals surface area (Å²) in [7, 11) is 0. The van der Waals surface area contributed by atoms with E-state index < -0.39 is 12.0 Å². The highest BCUT2D eigenvalue weighted by atomic mass is 19.1. The van der Waals surface area contributed by atoms with Crippen molar-refractivity contribution >= 4 is 5.97 Å². The van der Waals surface area contributed by atoms with Gasteiger partial charge in [0.2, 0.25) is 0 Å². The number of piperidine rings is 1. The zero-order valence-corrected chi connectivity index (χ0v) is 24.6. The number of aryl methyl sites for hydroxylation is 2. The van der Waals surface area contributed by atoms with Gasteiger partial charge in [-0.2, -0.15) is 5.26 Å². The number of aliphatic carboxylic acids is 1. The third kappa shape index (κ3) is 7.37. The number of likely N-dealkylation sites (tertiary alicyclic amines) is 2. The van der Waals surface area contributed by atoms with Crippen LogP contribution in [0.2, 0.25) is 0 Å². The number of halogens is 1. The molecule has 6 heteroatoms. The summed E-state index contributed by atoms with van der Waals surface area (Å²) in [5, 5.41) is 19.8. The van der Waals surface area contributed by atoms with Crippen LogP contribution < -0.4 is 0 Å². The fraction of sp³-hybridized carbons (Fsp3) is 0.600. The first-order valence-corrected chi connectivity index (χ1v) is 15.9. The lowest BCUT2D eigenvalue weighted by Crippen LogP contribution is -2.46. The normalized spacial score (nSPS) is 23.8. The quantitative estimate of drug-likeness (QED) is 0.347. The van der Waals surface area contributed by atoms with E-state index in [0.29, 0.717) is 18.4 Å². The minimum absolute atomic E-state index is 0.150. The predicted molar refractivity (Wildman–Crippen MR) is 160 cm³/mol. The van der Waals surface area contributed by atoms with Crippen LogP contribution in [0.4, 0.5) is 4.39 Å². The van der Waals surface area contributed by atoms with E-state index in [4.69, 9.17) is 0 Å². The van der Waals surface area contributed by atoms with Gasteiger partial charge in [-0.05, 0) is 105 Å². The van der Waals surface area contributed by atoms with Crippen molar-refractivity contribution in [2.24, 2.45) is 17.8 Å². The summed E-state index contributed by atoms with van der Waals surface area (Å²) in [6.45, 7) is 6.55. The minimum atomic E-state index is -0.691. The summed E-state index contributed by atoms with van der Waals surface area (Å²) in [5.41, 5.74) is 4.09. The largest absolute Gasteiger partial charge is 0.480 e. The number of carbonyl (C=O) groups is 1. The molecule has 0 amide bonds. The molecule has 5 rings (SSSR count). The molecule has 1 N–H and O–H groups in total. The molecule has 1 saturated carbocycles. The van der Waals surface area contributed by atoms with Crippen LogP contribution in [0, 0.1) is 41.8 Å². The van der Waals surface area contributed by atoms with Crippen LogP contribution in [0.25, 0.3) is 0 Å². The minimum Gasteiger partial charge on any atom is -0.480 e. The Morgan fingerprint density at radius 1 is 1.07 bits per heavy atom. The first-order valence-electron chi connectivity index (χ1n) is 15.9. The van der Waals surface area contributed by atoms with Crippen molar-refractivity contribution in [1.29, 1.82) is 5.26 Å². The molecule has 3 atom stereocenters. The average Bonchev–Trinajstić information content (AvgIpc) is 3.37. The number of carboxylic acids is 1. The van der Waals surface area contributed by atoms with Crippen LogP contribution in [0.5, 0.6) is 0 Å². The Labute approximate surface area is 245 Å². The van der Waals surface area contributed by atoms with Gasteiger partial charge >= 0.3 is 5.97 Å². The van der Waals surface area contributed by atoms with Gasteiger partial charge in [-0.25, -0.2) is 4.39 Å². The molecule has 0 spiro atoms. The van der Waals surface area contributed by atoms with E-state index in [-0.39, 0.29) is 17.7 Å². The number of nitrogens with zero attached hydrogens (tertiary/aromatic N) is 3. The summed E-state index contributed by atoms with van der Waals surface area (Å²) in [4.78, 5) is 17.3. The summed E-state index contributed by atoms with van der Waals surface area (Å²) in [5.74, 6) is 0.470. The lowest BCUT2D eigenvalue weighted by Gasteiger charge is -2.35. The molecule has 41 heavy (non-hydrogen) atoms. The first kappa shape index (κ1) is 29.7. The number of benzene rings is 2. The third-order valence-corrected chi connectivity index (χ3v) is 10.2. The predicted octanol–water partition coefficient (Wildman–Crippen LogP) is 6.79. The molecule has 2 aliphatic heterocycles. The SMILES string of the molecule is Cc1cccc(CCCC2CCN(CC3CN(C(C(=O)O)C4CCCCC4)CC3c3cccc(F)c3)CC2)c1C#N. The van der Waals surface area contributed by atoms with E-state index in [1.807, 2.05) is 19.1 Å². The van der Waals surface area contributed by atoms with E-state index in [9.17, 15) is 19.6 Å². The molecule has 220 valence electrons. The second-order valence-corrected chi connectivity index (χ2v) is 12.9. The maximum atomic E-state index is 14.3. The summed E-state index contributed by atoms with van der Waals surface area (Å²) >= 11 is 0. The van der Waals surface area contributed by atoms with Gasteiger partial charge in [-0.15, -0.1) is 0 Å². The standard InChI is InChI=1S/C35H46FN3O2/c1-25-8-5-12-27(32(25)21-37)13-6-9-26-16-18-38(19-17-26)22-30-23-39(24-33(30)29-14-7-15-31(36)20-29)34(35(40)41)28-10-3-2-4-11-28/h5,7-8,12,14-15,20,26,28,30,33-34H,2-4,6,9-11,13,16-19,22-24H2,1H3,(H,40,41). The number of nitriles is 1. The van der Waals surface area contributed by atoms with Crippen LogP contribution in [0.1, 0.15) is 86.0 Å². The Morgan fingerprint density at radius 2 is 1.83 bits per heavy atom. The molecule has 0 bridgehead atoms. The molecule has 2 aromatic carbocycles. The molecule has 1 aliphatic carbocycles. The number of carboxylic acid groups (broad SMARTS) is 1. The van der Waals surface area contributed by atoms with E-state index >= 15 is 0 Å². The first-order chi connectivity index (χ1) is 19.9. The molecule has 5 nitrogen and oxygen atoms in total. The van der Waals surface area contributed by atoms with Crippen molar-refractivity contribution < 1.29 is 14.3 Å². The second-order valence-electron chi connectivity index (χ2n) is 12.9. The highest BCUT2D eigenvalue weighted by Gasteiger charge is 2.43. The van der Waals surface area contributed by atoms with Gasteiger partial charge < -0.3 is 10.0 Å². The van der Waals surface area contributed by atoms with E-state index in [1.54, 1.807) is 12.1 Å². The van der Waals surface area contributed by atoms with Crippen molar-refractivity contribution in [3.8, 4) is 6.07 Å². The lowest BCUT2D eigenvalue weighted by atomic mass is 9.83. The Hall–Kier alpha value is -2.75. The lowest BCUT2D eigenvalue weighted by molar-refractivity contribution is -0.145. The van der Waals surface area contributed by atoms with E-state index in [1.165, 1.54) is 37.3 Å². The molecule has 0 aromatic heterocycles. The van der Waals surface area contributed by atoms with E-state index in [2.05, 4.69) is 28.0 Å². The van der Waals surface area contributed by atoms with Gasteiger partial charge in [0.05, 0.1) is 11.6 Å². The summed E-state index contributed by atoms with van der Waals surface area (Å²) in [6, 6.07) is 15.1. The fourth-order valence-electron chi connectivity index (χ4n) is 8.00. The molecule has 2 saturated heterocycles. The Bertz CT molecular complexity index is 1210. The van der Waals surface area contributed by atoms with Crippen LogP contribution in [0.3, 0.4) is 0 Å². The topological polar surface area (TPSA) is 67.6 Å². The Morgan fingerprint density at radius 3 is 2.54 bits per heavy atom. The van der Waals surface area contributed by atoms with Crippen LogP contribution in [-0.2, 0) is 11.2 Å².